The molecule has 1 aromatic carbocycles. The van der Waals surface area contributed by atoms with Crippen molar-refractivity contribution in [3.05, 3.63) is 46.6 Å². The monoisotopic (exact) mass is 336 g/mol. The van der Waals surface area contributed by atoms with Gasteiger partial charge in [0.15, 0.2) is 0 Å². The highest BCUT2D eigenvalue weighted by molar-refractivity contribution is 6.30. The van der Waals surface area contributed by atoms with E-state index < -0.39 is 0 Å². The second-order valence-electron chi connectivity index (χ2n) is 5.39. The molecule has 1 fully saturated rings. The molecule has 23 heavy (non-hydrogen) atoms. The topological polar surface area (TPSA) is 67.4 Å². The third-order valence-corrected chi connectivity index (χ3v) is 4.00. The molecule has 1 aliphatic rings. The van der Waals surface area contributed by atoms with Crippen LogP contribution < -0.4 is 10.6 Å². The zero-order valence-electron chi connectivity index (χ0n) is 13.1. The lowest BCUT2D eigenvalue weighted by atomic mass is 9.99. The number of benzene rings is 1. The van der Waals surface area contributed by atoms with Crippen LogP contribution in [0.25, 0.3) is 0 Å². The van der Waals surface area contributed by atoms with Gasteiger partial charge in [0.1, 0.15) is 5.70 Å². The maximum absolute atomic E-state index is 12.2. The molecule has 1 aromatic rings. The number of ether oxygens (including phenoxy) is 1. The molecule has 0 atom stereocenters. The molecule has 0 aromatic heterocycles. The molecule has 0 unspecified atom stereocenters. The molecule has 0 bridgehead atoms. The van der Waals surface area contributed by atoms with Gasteiger partial charge < -0.3 is 15.4 Å². The Kier molecular flexibility index (Phi) is 6.62. The number of allylic oxidation sites excluding steroid dienone is 1. The molecule has 1 heterocycles. The molecule has 0 radical (unpaired) electrons. The molecule has 2 amide bonds. The van der Waals surface area contributed by atoms with Gasteiger partial charge in [-0.1, -0.05) is 29.8 Å². The molecule has 2 rings (SSSR count). The number of hydrogen-bond donors (Lipinski definition) is 2. The molecule has 6 heteroatoms. The van der Waals surface area contributed by atoms with Crippen molar-refractivity contribution in [1.82, 2.24) is 10.6 Å². The van der Waals surface area contributed by atoms with Crippen molar-refractivity contribution < 1.29 is 14.3 Å². The Bertz CT molecular complexity index is 578. The Morgan fingerprint density at radius 2 is 1.91 bits per heavy atom. The smallest absolute Gasteiger partial charge is 0.267 e. The fourth-order valence-electron chi connectivity index (χ4n) is 2.33. The summed E-state index contributed by atoms with van der Waals surface area (Å²) in [4.78, 5) is 24.4. The fraction of sp³-hybridized carbons (Fsp3) is 0.412. The van der Waals surface area contributed by atoms with Crippen LogP contribution in [0, 0.1) is 5.92 Å². The Morgan fingerprint density at radius 1 is 1.26 bits per heavy atom. The van der Waals surface area contributed by atoms with Gasteiger partial charge in [-0.2, -0.15) is 0 Å². The van der Waals surface area contributed by atoms with Crippen molar-refractivity contribution in [3.8, 4) is 0 Å². The van der Waals surface area contributed by atoms with Gasteiger partial charge in [-0.25, -0.2) is 0 Å². The van der Waals surface area contributed by atoms with E-state index in [-0.39, 0.29) is 23.4 Å². The minimum absolute atomic E-state index is 0.0947. The summed E-state index contributed by atoms with van der Waals surface area (Å²) in [7, 11) is 0. The van der Waals surface area contributed by atoms with Gasteiger partial charge >= 0.3 is 0 Å². The van der Waals surface area contributed by atoms with Crippen LogP contribution in [-0.2, 0) is 20.9 Å². The zero-order chi connectivity index (χ0) is 16.7. The first-order valence-electron chi connectivity index (χ1n) is 7.67. The van der Waals surface area contributed by atoms with E-state index in [1.165, 1.54) is 0 Å². The average molecular weight is 337 g/mol. The fourth-order valence-corrected chi connectivity index (χ4v) is 2.46. The summed E-state index contributed by atoms with van der Waals surface area (Å²) < 4.78 is 5.24. The SMILES string of the molecule is C/C=C(/NC(=O)C1CCOCC1)C(=O)NCc1ccc(Cl)cc1. The summed E-state index contributed by atoms with van der Waals surface area (Å²) in [6.45, 7) is 3.28. The normalized spacial score (nSPS) is 16.0. The highest BCUT2D eigenvalue weighted by Gasteiger charge is 2.23. The highest BCUT2D eigenvalue weighted by Crippen LogP contribution is 2.15. The standard InChI is InChI=1S/C17H21ClN2O3/c1-2-15(20-16(21)13-7-9-23-10-8-13)17(22)19-11-12-3-5-14(18)6-4-12/h2-6,13H,7-11H2,1H3,(H,19,22)(H,20,21)/b15-2+. The first-order valence-corrected chi connectivity index (χ1v) is 8.05. The largest absolute Gasteiger partial charge is 0.381 e. The Hall–Kier alpha value is -1.85. The molecular weight excluding hydrogens is 316 g/mol. The van der Waals surface area contributed by atoms with E-state index in [1.807, 2.05) is 12.1 Å². The van der Waals surface area contributed by atoms with Gasteiger partial charge in [-0.3, -0.25) is 9.59 Å². The van der Waals surface area contributed by atoms with Crippen LogP contribution in [0.1, 0.15) is 25.3 Å². The van der Waals surface area contributed by atoms with E-state index in [1.54, 1.807) is 25.1 Å². The highest BCUT2D eigenvalue weighted by atomic mass is 35.5. The van der Waals surface area contributed by atoms with E-state index in [2.05, 4.69) is 10.6 Å². The van der Waals surface area contributed by atoms with Crippen LogP contribution in [-0.4, -0.2) is 25.0 Å². The maximum atomic E-state index is 12.2. The Morgan fingerprint density at radius 3 is 2.52 bits per heavy atom. The van der Waals surface area contributed by atoms with Crippen LogP contribution in [0.2, 0.25) is 5.02 Å². The van der Waals surface area contributed by atoms with E-state index >= 15 is 0 Å². The lowest BCUT2D eigenvalue weighted by Gasteiger charge is -2.21. The first kappa shape index (κ1) is 17.5. The average Bonchev–Trinajstić information content (AvgIpc) is 2.59. The molecule has 1 aliphatic heterocycles. The summed E-state index contributed by atoms with van der Waals surface area (Å²) in [6.07, 6.45) is 2.98. The number of halogens is 1. The van der Waals surface area contributed by atoms with Crippen molar-refractivity contribution in [2.24, 2.45) is 5.92 Å². The number of nitrogens with one attached hydrogen (secondary N) is 2. The van der Waals surface area contributed by atoms with Crippen LogP contribution in [0.15, 0.2) is 36.0 Å². The predicted molar refractivity (Wildman–Crippen MR) is 88.7 cm³/mol. The van der Waals surface area contributed by atoms with Crippen molar-refractivity contribution in [2.45, 2.75) is 26.3 Å². The van der Waals surface area contributed by atoms with Gasteiger partial charge in [-0.05, 0) is 37.5 Å². The second kappa shape index (κ2) is 8.70. The van der Waals surface area contributed by atoms with Crippen molar-refractivity contribution in [3.63, 3.8) is 0 Å². The van der Waals surface area contributed by atoms with Gasteiger partial charge in [0.05, 0.1) is 0 Å². The molecule has 1 saturated heterocycles. The lowest BCUT2D eigenvalue weighted by molar-refractivity contribution is -0.128. The summed E-state index contributed by atoms with van der Waals surface area (Å²) in [5.74, 6) is -0.520. The third-order valence-electron chi connectivity index (χ3n) is 3.75. The zero-order valence-corrected chi connectivity index (χ0v) is 13.9. The second-order valence-corrected chi connectivity index (χ2v) is 5.82. The van der Waals surface area contributed by atoms with E-state index in [0.717, 1.165) is 5.56 Å². The number of hydrogen-bond acceptors (Lipinski definition) is 3. The quantitative estimate of drug-likeness (QED) is 0.811. The summed E-state index contributed by atoms with van der Waals surface area (Å²) >= 11 is 5.83. The predicted octanol–water partition coefficient (Wildman–Crippen LogP) is 2.40. The first-order chi connectivity index (χ1) is 11.1. The molecule has 0 saturated carbocycles. The van der Waals surface area contributed by atoms with Gasteiger partial charge in [-0.15, -0.1) is 0 Å². The van der Waals surface area contributed by atoms with Gasteiger partial charge in [0.2, 0.25) is 5.91 Å². The van der Waals surface area contributed by atoms with Crippen LogP contribution >= 0.6 is 11.6 Å². The molecule has 2 N–H and O–H groups in total. The van der Waals surface area contributed by atoms with E-state index in [4.69, 9.17) is 16.3 Å². The van der Waals surface area contributed by atoms with Crippen molar-refractivity contribution >= 4 is 23.4 Å². The summed E-state index contributed by atoms with van der Waals surface area (Å²) in [5, 5.41) is 6.15. The van der Waals surface area contributed by atoms with Crippen LogP contribution in [0.4, 0.5) is 0 Å². The molecule has 0 spiro atoms. The minimum Gasteiger partial charge on any atom is -0.381 e. The summed E-state index contributed by atoms with van der Waals surface area (Å²) in [5.41, 5.74) is 1.21. The lowest BCUT2D eigenvalue weighted by Crippen LogP contribution is -2.39. The molecular formula is C17H21ClN2O3. The van der Waals surface area contributed by atoms with Crippen LogP contribution in [0.3, 0.4) is 0 Å². The van der Waals surface area contributed by atoms with Gasteiger partial charge in [0, 0.05) is 30.7 Å². The third kappa shape index (κ3) is 5.37. The number of amides is 2. The molecule has 0 aliphatic carbocycles. The molecule has 124 valence electrons. The maximum Gasteiger partial charge on any atom is 0.267 e. The summed E-state index contributed by atoms with van der Waals surface area (Å²) in [6, 6.07) is 7.23. The number of rotatable bonds is 5. The number of carbonyl (C=O) groups excluding carboxylic acids is 2. The van der Waals surface area contributed by atoms with Crippen molar-refractivity contribution in [1.29, 1.82) is 0 Å². The van der Waals surface area contributed by atoms with Crippen LogP contribution in [0.5, 0.6) is 0 Å². The van der Waals surface area contributed by atoms with Crippen molar-refractivity contribution in [2.75, 3.05) is 13.2 Å². The molecule has 5 nitrogen and oxygen atoms in total. The Labute approximate surface area is 141 Å². The minimum atomic E-state index is -0.303. The van der Waals surface area contributed by atoms with E-state index in [9.17, 15) is 9.59 Å². The number of carbonyl (C=O) groups is 2. The van der Waals surface area contributed by atoms with Gasteiger partial charge in [0.25, 0.3) is 5.91 Å². The Balaban J connectivity index is 1.85. The van der Waals surface area contributed by atoms with E-state index in [0.29, 0.717) is 37.6 Å².